The SMILES string of the molecule is CC1COc2ccc(C(N)CCCC(=O)O)cc2OC1. The van der Waals surface area contributed by atoms with Crippen molar-refractivity contribution in [2.75, 3.05) is 13.2 Å². The first kappa shape index (κ1) is 14.7. The molecule has 1 aromatic rings. The van der Waals surface area contributed by atoms with Gasteiger partial charge in [-0.2, -0.15) is 0 Å². The Morgan fingerprint density at radius 2 is 2.10 bits per heavy atom. The van der Waals surface area contributed by atoms with Crippen molar-refractivity contribution < 1.29 is 19.4 Å². The number of hydrogen-bond acceptors (Lipinski definition) is 4. The van der Waals surface area contributed by atoms with E-state index in [0.29, 0.717) is 32.0 Å². The molecular weight excluding hydrogens is 258 g/mol. The molecule has 0 amide bonds. The van der Waals surface area contributed by atoms with Gasteiger partial charge in [-0.15, -0.1) is 0 Å². The fourth-order valence-electron chi connectivity index (χ4n) is 2.14. The van der Waals surface area contributed by atoms with E-state index in [1.165, 1.54) is 0 Å². The van der Waals surface area contributed by atoms with Crippen LogP contribution >= 0.6 is 0 Å². The van der Waals surface area contributed by atoms with E-state index < -0.39 is 5.97 Å². The Morgan fingerprint density at radius 3 is 2.80 bits per heavy atom. The number of carbonyl (C=O) groups is 1. The lowest BCUT2D eigenvalue weighted by Crippen LogP contribution is -2.12. The van der Waals surface area contributed by atoms with E-state index in [-0.39, 0.29) is 12.5 Å². The molecule has 0 bridgehead atoms. The standard InChI is InChI=1S/C15H21NO4/c1-10-8-19-13-6-5-11(7-14(13)20-9-10)12(16)3-2-4-15(17)18/h5-7,10,12H,2-4,8-9,16H2,1H3,(H,17,18). The van der Waals surface area contributed by atoms with Crippen LogP contribution in [0.1, 0.15) is 37.8 Å². The molecule has 1 aliphatic rings. The van der Waals surface area contributed by atoms with Crippen LogP contribution in [0.5, 0.6) is 11.5 Å². The molecule has 110 valence electrons. The van der Waals surface area contributed by atoms with Crippen LogP contribution in [0.2, 0.25) is 0 Å². The molecule has 0 saturated carbocycles. The van der Waals surface area contributed by atoms with Gasteiger partial charge in [0.25, 0.3) is 0 Å². The normalized spacial score (nSPS) is 19.2. The molecule has 1 aliphatic heterocycles. The Morgan fingerprint density at radius 1 is 1.40 bits per heavy atom. The molecule has 0 spiro atoms. The minimum atomic E-state index is -0.787. The van der Waals surface area contributed by atoms with Gasteiger partial charge < -0.3 is 20.3 Å². The lowest BCUT2D eigenvalue weighted by Gasteiger charge is -2.14. The van der Waals surface area contributed by atoms with Crippen LogP contribution in [0.3, 0.4) is 0 Å². The molecule has 1 heterocycles. The number of fused-ring (bicyclic) bond motifs is 1. The maximum Gasteiger partial charge on any atom is 0.303 e. The summed E-state index contributed by atoms with van der Waals surface area (Å²) >= 11 is 0. The molecule has 5 nitrogen and oxygen atoms in total. The number of rotatable bonds is 5. The van der Waals surface area contributed by atoms with Crippen LogP contribution in [0.15, 0.2) is 18.2 Å². The molecule has 0 fully saturated rings. The van der Waals surface area contributed by atoms with Crippen molar-refractivity contribution in [2.24, 2.45) is 11.7 Å². The van der Waals surface area contributed by atoms with E-state index in [9.17, 15) is 4.79 Å². The molecule has 2 atom stereocenters. The van der Waals surface area contributed by atoms with Crippen LogP contribution < -0.4 is 15.2 Å². The highest BCUT2D eigenvalue weighted by Crippen LogP contribution is 2.33. The summed E-state index contributed by atoms with van der Waals surface area (Å²) in [5.41, 5.74) is 7.04. The predicted octanol–water partition coefficient (Wildman–Crippen LogP) is 2.35. The van der Waals surface area contributed by atoms with Gasteiger partial charge in [0.2, 0.25) is 0 Å². The van der Waals surface area contributed by atoms with Crippen LogP contribution in [0, 0.1) is 5.92 Å². The van der Waals surface area contributed by atoms with Gasteiger partial charge >= 0.3 is 5.97 Å². The molecule has 0 aromatic heterocycles. The molecule has 20 heavy (non-hydrogen) atoms. The van der Waals surface area contributed by atoms with E-state index in [1.54, 1.807) is 0 Å². The summed E-state index contributed by atoms with van der Waals surface area (Å²) in [6.45, 7) is 3.35. The smallest absolute Gasteiger partial charge is 0.303 e. The highest BCUT2D eigenvalue weighted by Gasteiger charge is 2.17. The van der Waals surface area contributed by atoms with Gasteiger partial charge in [0, 0.05) is 18.4 Å². The highest BCUT2D eigenvalue weighted by molar-refractivity contribution is 5.66. The third-order valence-corrected chi connectivity index (χ3v) is 3.35. The summed E-state index contributed by atoms with van der Waals surface area (Å²) in [5, 5.41) is 8.63. The van der Waals surface area contributed by atoms with E-state index in [0.717, 1.165) is 17.1 Å². The second-order valence-corrected chi connectivity index (χ2v) is 5.33. The minimum absolute atomic E-state index is 0.149. The number of nitrogens with two attached hydrogens (primary N) is 1. The number of ether oxygens (including phenoxy) is 2. The maximum absolute atomic E-state index is 10.5. The van der Waals surface area contributed by atoms with Crippen molar-refractivity contribution in [3.63, 3.8) is 0 Å². The third-order valence-electron chi connectivity index (χ3n) is 3.35. The van der Waals surface area contributed by atoms with Crippen molar-refractivity contribution in [3.8, 4) is 11.5 Å². The van der Waals surface area contributed by atoms with Gasteiger partial charge in [-0.3, -0.25) is 4.79 Å². The number of hydrogen-bond donors (Lipinski definition) is 2. The van der Waals surface area contributed by atoms with Crippen molar-refractivity contribution in [1.29, 1.82) is 0 Å². The summed E-state index contributed by atoms with van der Waals surface area (Å²) in [6, 6.07) is 5.52. The lowest BCUT2D eigenvalue weighted by molar-refractivity contribution is -0.137. The number of benzene rings is 1. The van der Waals surface area contributed by atoms with Crippen molar-refractivity contribution >= 4 is 5.97 Å². The molecule has 1 aromatic carbocycles. The van der Waals surface area contributed by atoms with Gasteiger partial charge in [-0.25, -0.2) is 0 Å². The van der Waals surface area contributed by atoms with Gasteiger partial charge in [0.05, 0.1) is 13.2 Å². The van der Waals surface area contributed by atoms with Crippen molar-refractivity contribution in [2.45, 2.75) is 32.2 Å². The fraction of sp³-hybridized carbons (Fsp3) is 0.533. The average Bonchev–Trinajstić information content (AvgIpc) is 2.60. The Bertz CT molecular complexity index is 475. The Hall–Kier alpha value is -1.75. The second-order valence-electron chi connectivity index (χ2n) is 5.33. The molecule has 0 saturated heterocycles. The molecule has 3 N–H and O–H groups in total. The monoisotopic (exact) mass is 279 g/mol. The van der Waals surface area contributed by atoms with Gasteiger partial charge in [-0.05, 0) is 30.5 Å². The summed E-state index contributed by atoms with van der Waals surface area (Å²) in [7, 11) is 0. The zero-order valence-electron chi connectivity index (χ0n) is 11.7. The van der Waals surface area contributed by atoms with Gasteiger partial charge in [0.1, 0.15) is 0 Å². The average molecular weight is 279 g/mol. The van der Waals surface area contributed by atoms with E-state index in [2.05, 4.69) is 6.92 Å². The van der Waals surface area contributed by atoms with Gasteiger partial charge in [-0.1, -0.05) is 13.0 Å². The maximum atomic E-state index is 10.5. The Labute approximate surface area is 118 Å². The second kappa shape index (κ2) is 6.61. The first-order valence-electron chi connectivity index (χ1n) is 6.93. The minimum Gasteiger partial charge on any atom is -0.489 e. The summed E-state index contributed by atoms with van der Waals surface area (Å²) < 4.78 is 11.4. The molecule has 2 unspecified atom stereocenters. The zero-order chi connectivity index (χ0) is 14.5. The molecule has 0 aliphatic carbocycles. The molecule has 2 rings (SSSR count). The predicted molar refractivity (Wildman–Crippen MR) is 75.0 cm³/mol. The molecular formula is C15H21NO4. The van der Waals surface area contributed by atoms with Gasteiger partial charge in [0.15, 0.2) is 11.5 Å². The van der Waals surface area contributed by atoms with Crippen LogP contribution in [-0.2, 0) is 4.79 Å². The Balaban J connectivity index is 2.01. The highest BCUT2D eigenvalue weighted by atomic mass is 16.5. The van der Waals surface area contributed by atoms with E-state index in [4.69, 9.17) is 20.3 Å². The summed E-state index contributed by atoms with van der Waals surface area (Å²) in [4.78, 5) is 10.5. The van der Waals surface area contributed by atoms with E-state index in [1.807, 2.05) is 18.2 Å². The topological polar surface area (TPSA) is 81.8 Å². The number of carboxylic acid groups (broad SMARTS) is 1. The Kier molecular flexibility index (Phi) is 4.84. The number of aliphatic carboxylic acids is 1. The molecule has 5 heteroatoms. The fourth-order valence-corrected chi connectivity index (χ4v) is 2.14. The molecule has 0 radical (unpaired) electrons. The largest absolute Gasteiger partial charge is 0.489 e. The first-order chi connectivity index (χ1) is 9.56. The van der Waals surface area contributed by atoms with Crippen LogP contribution in [-0.4, -0.2) is 24.3 Å². The van der Waals surface area contributed by atoms with Crippen molar-refractivity contribution in [3.05, 3.63) is 23.8 Å². The number of carboxylic acids is 1. The van der Waals surface area contributed by atoms with Crippen LogP contribution in [0.4, 0.5) is 0 Å². The quantitative estimate of drug-likeness (QED) is 0.864. The first-order valence-corrected chi connectivity index (χ1v) is 6.93. The summed E-state index contributed by atoms with van der Waals surface area (Å²) in [5.74, 6) is 1.04. The third kappa shape index (κ3) is 3.87. The zero-order valence-corrected chi connectivity index (χ0v) is 11.7. The van der Waals surface area contributed by atoms with Crippen molar-refractivity contribution in [1.82, 2.24) is 0 Å². The summed E-state index contributed by atoms with van der Waals surface area (Å²) in [6.07, 6.45) is 1.36. The van der Waals surface area contributed by atoms with Crippen LogP contribution in [0.25, 0.3) is 0 Å². The van der Waals surface area contributed by atoms with E-state index >= 15 is 0 Å². The lowest BCUT2D eigenvalue weighted by atomic mass is 10.0.